The molecule has 2 N–H and O–H groups in total. The third-order valence-electron chi connectivity index (χ3n) is 2.07. The number of hydrogen-bond donors (Lipinski definition) is 2. The Hall–Kier alpha value is -2.22. The zero-order valence-corrected chi connectivity index (χ0v) is 10.9. The number of aromatic hydroxyl groups is 2. The third kappa shape index (κ3) is 7.12. The quantitative estimate of drug-likeness (QED) is 0.682. The first-order valence-corrected chi connectivity index (χ1v) is 5.59. The van der Waals surface area contributed by atoms with E-state index in [2.05, 4.69) is 13.2 Å². The zero-order valence-electron chi connectivity index (χ0n) is 10.9. The van der Waals surface area contributed by atoms with E-state index in [1.165, 1.54) is 11.1 Å². The molecule has 2 aromatic rings. The van der Waals surface area contributed by atoms with Crippen molar-refractivity contribution in [2.24, 2.45) is 0 Å². The van der Waals surface area contributed by atoms with Crippen LogP contribution in [0.15, 0.2) is 61.7 Å². The number of phenolic OH excluding ortho intramolecular Hbond substituents is 2. The summed E-state index contributed by atoms with van der Waals surface area (Å²) in [5, 5.41) is 17.5. The Morgan fingerprint density at radius 3 is 1.00 bits per heavy atom. The molecule has 0 aromatic heterocycles. The topological polar surface area (TPSA) is 40.5 Å². The van der Waals surface area contributed by atoms with Gasteiger partial charge in [0.05, 0.1) is 0 Å². The van der Waals surface area contributed by atoms with Gasteiger partial charge in [0.2, 0.25) is 0 Å². The van der Waals surface area contributed by atoms with Crippen LogP contribution in [0.1, 0.15) is 11.1 Å². The van der Waals surface area contributed by atoms with Gasteiger partial charge in [-0.3, -0.25) is 0 Å². The van der Waals surface area contributed by atoms with Crippen LogP contribution < -0.4 is 0 Å². The summed E-state index contributed by atoms with van der Waals surface area (Å²) < 4.78 is 0. The maximum absolute atomic E-state index is 8.76. The molecule has 0 saturated heterocycles. The summed E-state index contributed by atoms with van der Waals surface area (Å²) >= 11 is 0. The Morgan fingerprint density at radius 1 is 0.611 bits per heavy atom. The maximum Gasteiger partial charge on any atom is 0.115 e. The third-order valence-corrected chi connectivity index (χ3v) is 2.07. The minimum atomic E-state index is 0.329. The minimum absolute atomic E-state index is 0.329. The standard InChI is InChI=1S/2C7H8O.C2H4/c2*1-6-2-4-7(8)5-3-6;1-2/h2*2-5,8H,1H3;1-2H2. The molecule has 96 valence electrons. The summed E-state index contributed by atoms with van der Waals surface area (Å²) in [7, 11) is 0. The highest BCUT2D eigenvalue weighted by Gasteiger charge is 1.82. The Balaban J connectivity index is 0.000000283. The smallest absolute Gasteiger partial charge is 0.115 e. The van der Waals surface area contributed by atoms with Gasteiger partial charge in [-0.05, 0) is 38.1 Å². The second-order valence-electron chi connectivity index (χ2n) is 3.67. The van der Waals surface area contributed by atoms with Gasteiger partial charge in [-0.2, -0.15) is 0 Å². The molecular formula is C16H20O2. The first-order chi connectivity index (χ1) is 8.58. The molecule has 2 nitrogen and oxygen atoms in total. The highest BCUT2D eigenvalue weighted by atomic mass is 16.3. The predicted octanol–water partition coefficient (Wildman–Crippen LogP) is 4.20. The normalized spacial score (nSPS) is 8.33. The summed E-state index contributed by atoms with van der Waals surface area (Å²) in [5.74, 6) is 0.659. The Bertz CT molecular complexity index is 344. The first kappa shape index (κ1) is 15.8. The van der Waals surface area contributed by atoms with Crippen molar-refractivity contribution in [1.29, 1.82) is 0 Å². The second-order valence-corrected chi connectivity index (χ2v) is 3.67. The van der Waals surface area contributed by atoms with E-state index in [9.17, 15) is 0 Å². The van der Waals surface area contributed by atoms with Crippen LogP contribution in [0.3, 0.4) is 0 Å². The highest BCUT2D eigenvalue weighted by Crippen LogP contribution is 2.08. The fourth-order valence-corrected chi connectivity index (χ4v) is 1.09. The number of phenols is 2. The largest absolute Gasteiger partial charge is 0.508 e. The molecule has 2 heteroatoms. The molecule has 0 bridgehead atoms. The number of hydrogen-bond acceptors (Lipinski definition) is 2. The lowest BCUT2D eigenvalue weighted by Gasteiger charge is -1.89. The van der Waals surface area contributed by atoms with Gasteiger partial charge in [-0.25, -0.2) is 0 Å². The molecule has 0 aliphatic carbocycles. The van der Waals surface area contributed by atoms with Gasteiger partial charge in [0, 0.05) is 0 Å². The summed E-state index contributed by atoms with van der Waals surface area (Å²) in [6, 6.07) is 14.2. The van der Waals surface area contributed by atoms with E-state index in [-0.39, 0.29) is 0 Å². The Labute approximate surface area is 109 Å². The van der Waals surface area contributed by atoms with Crippen LogP contribution in [-0.4, -0.2) is 10.2 Å². The molecule has 0 atom stereocenters. The van der Waals surface area contributed by atoms with Crippen LogP contribution in [-0.2, 0) is 0 Å². The number of aryl methyl sites for hydroxylation is 2. The molecule has 0 heterocycles. The van der Waals surface area contributed by atoms with Crippen LogP contribution in [0.25, 0.3) is 0 Å². The number of rotatable bonds is 0. The molecular weight excluding hydrogens is 224 g/mol. The highest BCUT2D eigenvalue weighted by molar-refractivity contribution is 5.25. The lowest BCUT2D eigenvalue weighted by Crippen LogP contribution is -1.66. The van der Waals surface area contributed by atoms with Crippen molar-refractivity contribution in [1.82, 2.24) is 0 Å². The van der Waals surface area contributed by atoms with Crippen LogP contribution in [0.5, 0.6) is 11.5 Å². The van der Waals surface area contributed by atoms with Crippen LogP contribution in [0, 0.1) is 13.8 Å². The van der Waals surface area contributed by atoms with E-state index in [4.69, 9.17) is 10.2 Å². The molecule has 0 aliphatic heterocycles. The van der Waals surface area contributed by atoms with Crippen LogP contribution in [0.2, 0.25) is 0 Å². The minimum Gasteiger partial charge on any atom is -0.508 e. The fraction of sp³-hybridized carbons (Fsp3) is 0.125. The van der Waals surface area contributed by atoms with Crippen molar-refractivity contribution < 1.29 is 10.2 Å². The van der Waals surface area contributed by atoms with Gasteiger partial charge in [-0.1, -0.05) is 35.4 Å². The van der Waals surface area contributed by atoms with Crippen molar-refractivity contribution in [3.05, 3.63) is 72.8 Å². The Kier molecular flexibility index (Phi) is 7.78. The molecule has 0 spiro atoms. The van der Waals surface area contributed by atoms with E-state index >= 15 is 0 Å². The molecule has 2 rings (SSSR count). The molecule has 2 aromatic carbocycles. The average Bonchev–Trinajstić information content (AvgIpc) is 2.40. The van der Waals surface area contributed by atoms with Gasteiger partial charge >= 0.3 is 0 Å². The molecule has 0 unspecified atom stereocenters. The van der Waals surface area contributed by atoms with E-state index in [0.29, 0.717) is 11.5 Å². The van der Waals surface area contributed by atoms with Crippen LogP contribution in [0.4, 0.5) is 0 Å². The van der Waals surface area contributed by atoms with Gasteiger partial charge in [0.25, 0.3) is 0 Å². The Morgan fingerprint density at radius 2 is 0.833 bits per heavy atom. The molecule has 18 heavy (non-hydrogen) atoms. The van der Waals surface area contributed by atoms with E-state index in [0.717, 1.165) is 0 Å². The second kappa shape index (κ2) is 8.88. The van der Waals surface area contributed by atoms with E-state index in [1.807, 2.05) is 38.1 Å². The van der Waals surface area contributed by atoms with Crippen molar-refractivity contribution >= 4 is 0 Å². The summed E-state index contributed by atoms with van der Waals surface area (Å²) in [5.41, 5.74) is 2.34. The van der Waals surface area contributed by atoms with Crippen LogP contribution >= 0.6 is 0 Å². The van der Waals surface area contributed by atoms with Crippen molar-refractivity contribution in [2.45, 2.75) is 13.8 Å². The van der Waals surface area contributed by atoms with E-state index < -0.39 is 0 Å². The monoisotopic (exact) mass is 244 g/mol. The summed E-state index contributed by atoms with van der Waals surface area (Å²) in [4.78, 5) is 0. The SMILES string of the molecule is C=C.Cc1ccc(O)cc1.Cc1ccc(O)cc1. The molecule has 0 saturated carbocycles. The lowest BCUT2D eigenvalue weighted by molar-refractivity contribution is 0.474. The van der Waals surface area contributed by atoms with Gasteiger partial charge in [-0.15, -0.1) is 13.2 Å². The first-order valence-electron chi connectivity index (χ1n) is 5.59. The van der Waals surface area contributed by atoms with Crippen molar-refractivity contribution in [3.8, 4) is 11.5 Å². The molecule has 0 fully saturated rings. The maximum atomic E-state index is 8.76. The van der Waals surface area contributed by atoms with Gasteiger partial charge < -0.3 is 10.2 Å². The number of benzene rings is 2. The van der Waals surface area contributed by atoms with Crippen molar-refractivity contribution in [3.63, 3.8) is 0 Å². The lowest BCUT2D eigenvalue weighted by atomic mass is 10.2. The van der Waals surface area contributed by atoms with Gasteiger partial charge in [0.15, 0.2) is 0 Å². The fourth-order valence-electron chi connectivity index (χ4n) is 1.09. The molecule has 0 amide bonds. The summed E-state index contributed by atoms with van der Waals surface area (Å²) in [6.45, 7) is 9.97. The summed E-state index contributed by atoms with van der Waals surface area (Å²) in [6.07, 6.45) is 0. The zero-order chi connectivity index (χ0) is 14.0. The van der Waals surface area contributed by atoms with E-state index in [1.54, 1.807) is 24.3 Å². The van der Waals surface area contributed by atoms with Crippen molar-refractivity contribution in [2.75, 3.05) is 0 Å². The molecule has 0 aliphatic rings. The predicted molar refractivity (Wildman–Crippen MR) is 76.9 cm³/mol. The molecule has 0 radical (unpaired) electrons. The van der Waals surface area contributed by atoms with Gasteiger partial charge in [0.1, 0.15) is 11.5 Å². The average molecular weight is 244 g/mol.